The van der Waals surface area contributed by atoms with Gasteiger partial charge in [-0.25, -0.2) is 0 Å². The zero-order valence-electron chi connectivity index (χ0n) is 6.67. The lowest BCUT2D eigenvalue weighted by atomic mass is 10.3. The van der Waals surface area contributed by atoms with Crippen LogP contribution in [0.15, 0.2) is 17.8 Å². The molecule has 66 valence electrons. The number of hydrazone groups is 1. The van der Waals surface area contributed by atoms with Gasteiger partial charge < -0.3 is 10.1 Å². The minimum atomic E-state index is 0.509. The topological polar surface area (TPSA) is 45.7 Å². The number of hydrogen-bond donors (Lipinski definition) is 2. The third-order valence-electron chi connectivity index (χ3n) is 1.26. The van der Waals surface area contributed by atoms with Crippen LogP contribution in [0.2, 0.25) is 0 Å². The summed E-state index contributed by atoms with van der Waals surface area (Å²) >= 11 is 4.89. The number of nitrogens with one attached hydrogen (secondary N) is 2. The Morgan fingerprint density at radius 1 is 1.75 bits per heavy atom. The highest BCUT2D eigenvalue weighted by molar-refractivity contribution is 7.80. The highest BCUT2D eigenvalue weighted by Gasteiger charge is 2.09. The summed E-state index contributed by atoms with van der Waals surface area (Å²) in [5.41, 5.74) is 3.68. The highest BCUT2D eigenvalue weighted by atomic mass is 32.1. The lowest BCUT2D eigenvalue weighted by molar-refractivity contribution is 0.158. The summed E-state index contributed by atoms with van der Waals surface area (Å²) in [7, 11) is 0. The molecule has 1 saturated heterocycles. The van der Waals surface area contributed by atoms with Gasteiger partial charge in [0.1, 0.15) is 0 Å². The Hall–Kier alpha value is -0.940. The van der Waals surface area contributed by atoms with Crippen LogP contribution in [0.25, 0.3) is 0 Å². The standard InChI is InChI=1S/C7H11N3OS/c1-2-3-8-7(12)10-9-6-4-11-5-6/h2H,1,3-5H2,(H2,8,10,12). The summed E-state index contributed by atoms with van der Waals surface area (Å²) in [6, 6.07) is 0. The molecule has 4 nitrogen and oxygen atoms in total. The summed E-state index contributed by atoms with van der Waals surface area (Å²) in [6.45, 7) is 5.41. The van der Waals surface area contributed by atoms with Crippen molar-refractivity contribution in [3.8, 4) is 0 Å². The van der Waals surface area contributed by atoms with Crippen LogP contribution in [-0.4, -0.2) is 30.6 Å². The molecule has 0 spiro atoms. The van der Waals surface area contributed by atoms with Gasteiger partial charge in [0.2, 0.25) is 0 Å². The van der Waals surface area contributed by atoms with E-state index < -0.39 is 0 Å². The molecule has 0 radical (unpaired) electrons. The molecule has 0 aliphatic carbocycles. The van der Waals surface area contributed by atoms with E-state index in [0.29, 0.717) is 24.9 Å². The normalized spacial score (nSPS) is 14.5. The van der Waals surface area contributed by atoms with E-state index in [2.05, 4.69) is 22.4 Å². The van der Waals surface area contributed by atoms with Crippen molar-refractivity contribution in [1.82, 2.24) is 10.7 Å². The lowest BCUT2D eigenvalue weighted by Crippen LogP contribution is -2.36. The third-order valence-corrected chi connectivity index (χ3v) is 1.50. The van der Waals surface area contributed by atoms with Gasteiger partial charge in [-0.3, -0.25) is 5.43 Å². The van der Waals surface area contributed by atoms with Crippen LogP contribution < -0.4 is 10.7 Å². The summed E-state index contributed by atoms with van der Waals surface area (Å²) in [5, 5.41) is 7.38. The number of nitrogens with zero attached hydrogens (tertiary/aromatic N) is 1. The molecule has 1 heterocycles. The van der Waals surface area contributed by atoms with Gasteiger partial charge in [0, 0.05) is 6.54 Å². The van der Waals surface area contributed by atoms with Crippen molar-refractivity contribution >= 4 is 23.0 Å². The van der Waals surface area contributed by atoms with E-state index in [-0.39, 0.29) is 0 Å². The van der Waals surface area contributed by atoms with Crippen molar-refractivity contribution in [3.05, 3.63) is 12.7 Å². The second-order valence-corrected chi connectivity index (χ2v) is 2.69. The van der Waals surface area contributed by atoms with Crippen LogP contribution in [0, 0.1) is 0 Å². The van der Waals surface area contributed by atoms with Gasteiger partial charge in [-0.2, -0.15) is 5.10 Å². The number of hydrogen-bond acceptors (Lipinski definition) is 3. The molecule has 2 N–H and O–H groups in total. The van der Waals surface area contributed by atoms with Gasteiger partial charge in [0.25, 0.3) is 0 Å². The summed E-state index contributed by atoms with van der Waals surface area (Å²) < 4.78 is 4.90. The Morgan fingerprint density at radius 3 is 3.00 bits per heavy atom. The molecule has 1 aliphatic heterocycles. The first-order valence-electron chi connectivity index (χ1n) is 3.61. The SMILES string of the molecule is C=CCNC(=S)NN=C1COC1. The quantitative estimate of drug-likeness (QED) is 0.370. The summed E-state index contributed by atoms with van der Waals surface area (Å²) in [4.78, 5) is 0. The number of rotatable bonds is 3. The molecule has 1 rings (SSSR count). The van der Waals surface area contributed by atoms with Crippen LogP contribution in [0.3, 0.4) is 0 Å². The summed E-state index contributed by atoms with van der Waals surface area (Å²) in [5.74, 6) is 0. The fourth-order valence-electron chi connectivity index (χ4n) is 0.592. The minimum absolute atomic E-state index is 0.509. The first-order chi connectivity index (χ1) is 5.83. The van der Waals surface area contributed by atoms with E-state index in [4.69, 9.17) is 17.0 Å². The lowest BCUT2D eigenvalue weighted by Gasteiger charge is -2.15. The van der Waals surface area contributed by atoms with E-state index in [1.54, 1.807) is 6.08 Å². The molecule has 0 aromatic rings. The van der Waals surface area contributed by atoms with Crippen LogP contribution in [0.5, 0.6) is 0 Å². The molecular weight excluding hydrogens is 174 g/mol. The maximum atomic E-state index is 4.90. The Labute approximate surface area is 76.7 Å². The molecule has 1 fully saturated rings. The Morgan fingerprint density at radius 2 is 2.50 bits per heavy atom. The first-order valence-corrected chi connectivity index (χ1v) is 4.01. The van der Waals surface area contributed by atoms with E-state index in [1.165, 1.54) is 0 Å². The molecule has 0 saturated carbocycles. The highest BCUT2D eigenvalue weighted by Crippen LogP contribution is 1.93. The van der Waals surface area contributed by atoms with Gasteiger partial charge in [0.05, 0.1) is 18.9 Å². The molecule has 0 atom stereocenters. The van der Waals surface area contributed by atoms with Gasteiger partial charge in [-0.05, 0) is 12.2 Å². The smallest absolute Gasteiger partial charge is 0.187 e. The van der Waals surface area contributed by atoms with Gasteiger partial charge >= 0.3 is 0 Å². The molecular formula is C7H11N3OS. The van der Waals surface area contributed by atoms with Crippen LogP contribution in [0.1, 0.15) is 0 Å². The van der Waals surface area contributed by atoms with Crippen molar-refractivity contribution < 1.29 is 4.74 Å². The fraction of sp³-hybridized carbons (Fsp3) is 0.429. The fourth-order valence-corrected chi connectivity index (χ4v) is 0.721. The average Bonchev–Trinajstić information content (AvgIpc) is 1.98. The van der Waals surface area contributed by atoms with E-state index >= 15 is 0 Å². The molecule has 5 heteroatoms. The van der Waals surface area contributed by atoms with Crippen molar-refractivity contribution in [1.29, 1.82) is 0 Å². The maximum Gasteiger partial charge on any atom is 0.187 e. The monoisotopic (exact) mass is 185 g/mol. The Balaban J connectivity index is 2.12. The summed E-state index contributed by atoms with van der Waals surface area (Å²) in [6.07, 6.45) is 1.73. The van der Waals surface area contributed by atoms with Gasteiger partial charge in [-0.15, -0.1) is 6.58 Å². The third kappa shape index (κ3) is 2.98. The predicted octanol–water partition coefficient (Wildman–Crippen LogP) is 0.0227. The van der Waals surface area contributed by atoms with Crippen molar-refractivity contribution in [2.75, 3.05) is 19.8 Å². The minimum Gasteiger partial charge on any atom is -0.369 e. The van der Waals surface area contributed by atoms with Gasteiger partial charge in [0.15, 0.2) is 5.11 Å². The van der Waals surface area contributed by atoms with Crippen molar-refractivity contribution in [2.24, 2.45) is 5.10 Å². The number of ether oxygens (including phenoxy) is 1. The first kappa shape index (κ1) is 9.15. The molecule has 0 amide bonds. The molecule has 1 aliphatic rings. The van der Waals surface area contributed by atoms with Crippen molar-refractivity contribution in [3.63, 3.8) is 0 Å². The second-order valence-electron chi connectivity index (χ2n) is 2.28. The van der Waals surface area contributed by atoms with Crippen LogP contribution in [0.4, 0.5) is 0 Å². The molecule has 0 bridgehead atoms. The van der Waals surface area contributed by atoms with E-state index in [0.717, 1.165) is 5.71 Å². The largest absolute Gasteiger partial charge is 0.369 e. The second kappa shape index (κ2) is 4.84. The molecule has 0 unspecified atom stereocenters. The van der Waals surface area contributed by atoms with Crippen LogP contribution >= 0.6 is 12.2 Å². The maximum absolute atomic E-state index is 4.90. The average molecular weight is 185 g/mol. The molecule has 0 aromatic heterocycles. The van der Waals surface area contributed by atoms with Crippen molar-refractivity contribution in [2.45, 2.75) is 0 Å². The zero-order chi connectivity index (χ0) is 8.81. The molecule has 0 aromatic carbocycles. The number of thiocarbonyl (C=S) groups is 1. The predicted molar refractivity (Wildman–Crippen MR) is 52.2 cm³/mol. The van der Waals surface area contributed by atoms with Gasteiger partial charge in [-0.1, -0.05) is 6.08 Å². The Bertz CT molecular complexity index is 209. The zero-order valence-corrected chi connectivity index (χ0v) is 7.49. The molecule has 12 heavy (non-hydrogen) atoms. The Kier molecular flexibility index (Phi) is 3.69. The van der Waals surface area contributed by atoms with Crippen LogP contribution in [-0.2, 0) is 4.74 Å². The van der Waals surface area contributed by atoms with E-state index in [1.807, 2.05) is 0 Å². The van der Waals surface area contributed by atoms with E-state index in [9.17, 15) is 0 Å².